The summed E-state index contributed by atoms with van der Waals surface area (Å²) in [5, 5.41) is 28.6. The molecule has 2 heterocycles. The van der Waals surface area contributed by atoms with Crippen molar-refractivity contribution in [3.05, 3.63) is 130 Å². The van der Waals surface area contributed by atoms with Crippen LogP contribution in [0.5, 0.6) is 0 Å². The minimum Gasteiger partial charge on any atom is -0.392 e. The Morgan fingerprint density at radius 3 is 2.11 bits per heavy atom. The fraction of sp³-hybridized carbons (Fsp3) is 0.479. The molecule has 57 heavy (non-hydrogen) atoms. The number of urea groups is 1. The molecule has 0 aromatic heterocycles. The Morgan fingerprint density at radius 1 is 0.825 bits per heavy atom. The van der Waals surface area contributed by atoms with E-state index in [1.165, 1.54) is 19.3 Å². The molecule has 4 N–H and O–H groups in total. The number of carbonyl (C=O) groups is 1. The van der Waals surface area contributed by atoms with Crippen LogP contribution in [0.2, 0.25) is 5.02 Å². The van der Waals surface area contributed by atoms with Gasteiger partial charge in [0.05, 0.1) is 24.4 Å². The summed E-state index contributed by atoms with van der Waals surface area (Å²) in [5.74, 6) is 2.39. The number of aliphatic hydroxyl groups excluding tert-OH is 1. The van der Waals surface area contributed by atoms with Crippen molar-refractivity contribution in [3.63, 3.8) is 0 Å². The normalized spacial score (nSPS) is 30.6. The number of ether oxygens (including phenoxy) is 2. The second-order valence-electron chi connectivity index (χ2n) is 17.9. The zero-order valence-electron chi connectivity index (χ0n) is 32.9. The van der Waals surface area contributed by atoms with Crippen LogP contribution in [0.3, 0.4) is 0 Å². The highest BCUT2D eigenvalue weighted by Gasteiger charge is 2.51. The molecule has 6 fully saturated rings. The van der Waals surface area contributed by atoms with Gasteiger partial charge in [-0.1, -0.05) is 103 Å². The van der Waals surface area contributed by atoms with Crippen molar-refractivity contribution in [3.8, 4) is 11.1 Å². The standard InChI is InChI=1S/C48H56ClN3O5/c1-31-43(29-52-20-18-48(55,19-21-52)40-14-16-41(49)17-15-40)56-45(57-44(31)37-8-6-32(30-53)7-9-37)38-12-10-36(11-13-38)42-5-3-2-4-39(42)28-50-46(54)51-47-25-33-22-34(26-47)24-35(23-33)27-47/h2-17,31,33-35,43-45,53,55H,18-30H2,1H3,(H2,50,51,54). The first kappa shape index (κ1) is 38.7. The molecule has 2 saturated heterocycles. The van der Waals surface area contributed by atoms with E-state index < -0.39 is 11.9 Å². The number of benzene rings is 4. The quantitative estimate of drug-likeness (QED) is 0.128. The van der Waals surface area contributed by atoms with Crippen LogP contribution in [0.25, 0.3) is 11.1 Å². The maximum atomic E-state index is 13.3. The summed E-state index contributed by atoms with van der Waals surface area (Å²) >= 11 is 6.13. The van der Waals surface area contributed by atoms with E-state index in [1.54, 1.807) is 0 Å². The molecule has 300 valence electrons. The second-order valence-corrected chi connectivity index (χ2v) is 18.4. The van der Waals surface area contributed by atoms with Gasteiger partial charge in [-0.3, -0.25) is 0 Å². The van der Waals surface area contributed by atoms with Gasteiger partial charge in [-0.2, -0.15) is 0 Å². The number of nitrogens with one attached hydrogen (secondary N) is 2. The van der Waals surface area contributed by atoms with E-state index in [1.807, 2.05) is 48.5 Å². The highest BCUT2D eigenvalue weighted by molar-refractivity contribution is 6.30. The predicted octanol–water partition coefficient (Wildman–Crippen LogP) is 9.04. The predicted molar refractivity (Wildman–Crippen MR) is 222 cm³/mol. The molecule has 4 atom stereocenters. The highest BCUT2D eigenvalue weighted by Crippen LogP contribution is 2.55. The van der Waals surface area contributed by atoms with Gasteiger partial charge in [0.2, 0.25) is 0 Å². The monoisotopic (exact) mass is 789 g/mol. The van der Waals surface area contributed by atoms with Gasteiger partial charge in [0.15, 0.2) is 6.29 Å². The van der Waals surface area contributed by atoms with E-state index in [0.29, 0.717) is 24.4 Å². The van der Waals surface area contributed by atoms with Crippen LogP contribution in [-0.2, 0) is 28.2 Å². The molecule has 2 aliphatic heterocycles. The zero-order chi connectivity index (χ0) is 39.1. The molecule has 4 saturated carbocycles. The summed E-state index contributed by atoms with van der Waals surface area (Å²) in [5.41, 5.74) is 6.09. The van der Waals surface area contributed by atoms with Gasteiger partial charge in [-0.15, -0.1) is 0 Å². The van der Waals surface area contributed by atoms with Crippen molar-refractivity contribution in [1.82, 2.24) is 15.5 Å². The summed E-state index contributed by atoms with van der Waals surface area (Å²) in [7, 11) is 0. The van der Waals surface area contributed by atoms with Crippen molar-refractivity contribution >= 4 is 17.6 Å². The fourth-order valence-corrected chi connectivity index (χ4v) is 11.4. The first-order valence-electron chi connectivity index (χ1n) is 21.1. The molecule has 2 amide bonds. The number of rotatable bonds is 10. The Morgan fingerprint density at radius 2 is 1.46 bits per heavy atom. The molecule has 4 aromatic rings. The number of amides is 2. The summed E-state index contributed by atoms with van der Waals surface area (Å²) in [4.78, 5) is 15.7. The van der Waals surface area contributed by atoms with Crippen molar-refractivity contribution < 1.29 is 24.5 Å². The van der Waals surface area contributed by atoms with E-state index in [4.69, 9.17) is 21.1 Å². The van der Waals surface area contributed by atoms with Crippen LogP contribution in [0, 0.1) is 23.7 Å². The zero-order valence-corrected chi connectivity index (χ0v) is 33.7. The third-order valence-electron chi connectivity index (χ3n) is 14.0. The van der Waals surface area contributed by atoms with Crippen molar-refractivity contribution in [2.45, 2.75) is 101 Å². The van der Waals surface area contributed by atoms with E-state index >= 15 is 0 Å². The van der Waals surface area contributed by atoms with Crippen molar-refractivity contribution in [2.75, 3.05) is 19.6 Å². The molecule has 4 unspecified atom stereocenters. The smallest absolute Gasteiger partial charge is 0.315 e. The Labute approximate surface area is 341 Å². The van der Waals surface area contributed by atoms with Crippen molar-refractivity contribution in [2.24, 2.45) is 23.7 Å². The van der Waals surface area contributed by atoms with Gasteiger partial charge in [0, 0.05) is 48.2 Å². The first-order chi connectivity index (χ1) is 27.6. The van der Waals surface area contributed by atoms with Crippen LogP contribution in [0.15, 0.2) is 97.1 Å². The largest absolute Gasteiger partial charge is 0.392 e. The minimum atomic E-state index is -0.875. The Bertz CT molecular complexity index is 1980. The lowest BCUT2D eigenvalue weighted by Gasteiger charge is -2.56. The number of hydrogen-bond donors (Lipinski definition) is 4. The number of nitrogens with zero attached hydrogens (tertiary/aromatic N) is 1. The van der Waals surface area contributed by atoms with Crippen LogP contribution in [0.4, 0.5) is 4.79 Å². The molecule has 8 nitrogen and oxygen atoms in total. The summed E-state index contributed by atoms with van der Waals surface area (Å²) < 4.78 is 13.6. The van der Waals surface area contributed by atoms with Crippen LogP contribution >= 0.6 is 11.6 Å². The molecule has 4 aliphatic carbocycles. The molecule has 4 bridgehead atoms. The average Bonchev–Trinajstić information content (AvgIpc) is 3.21. The van der Waals surface area contributed by atoms with E-state index in [-0.39, 0.29) is 36.3 Å². The third-order valence-corrected chi connectivity index (χ3v) is 14.2. The lowest BCUT2D eigenvalue weighted by atomic mass is 9.53. The third kappa shape index (κ3) is 8.27. The SMILES string of the molecule is CC1C(CN2CCC(O)(c3ccc(Cl)cc3)CC2)OC(c2ccc(-c3ccccc3CNC(=O)NC34CC5CC(CC(C5)C3)C4)cc2)OC1c1ccc(CO)cc1. The molecule has 6 aliphatic rings. The number of halogens is 1. The Balaban J connectivity index is 0.884. The molecule has 0 spiro atoms. The Hall–Kier alpha value is -3.76. The molecule has 9 heteroatoms. The number of likely N-dealkylation sites (tertiary alicyclic amines) is 1. The van der Waals surface area contributed by atoms with Gasteiger partial charge >= 0.3 is 6.03 Å². The van der Waals surface area contributed by atoms with Gasteiger partial charge in [-0.25, -0.2) is 4.79 Å². The number of carbonyl (C=O) groups excluding carboxylic acids is 1. The van der Waals surface area contributed by atoms with Crippen LogP contribution in [0.1, 0.15) is 98.5 Å². The Kier molecular flexibility index (Phi) is 11.0. The topological polar surface area (TPSA) is 103 Å². The van der Waals surface area contributed by atoms with Crippen LogP contribution < -0.4 is 10.6 Å². The molecule has 4 aromatic carbocycles. The first-order valence-corrected chi connectivity index (χ1v) is 21.5. The molecular weight excluding hydrogens is 734 g/mol. The summed E-state index contributed by atoms with van der Waals surface area (Å²) in [6.07, 6.45) is 7.80. The number of aliphatic hydroxyl groups is 2. The second kappa shape index (κ2) is 16.1. The molecular formula is C48H56ClN3O5. The highest BCUT2D eigenvalue weighted by atomic mass is 35.5. The lowest BCUT2D eigenvalue weighted by molar-refractivity contribution is -0.277. The summed E-state index contributed by atoms with van der Waals surface area (Å²) in [6, 6.07) is 32.2. The maximum Gasteiger partial charge on any atom is 0.315 e. The maximum absolute atomic E-state index is 13.3. The van der Waals surface area contributed by atoms with Crippen LogP contribution in [-0.4, -0.2) is 52.4 Å². The van der Waals surface area contributed by atoms with Gasteiger partial charge in [0.25, 0.3) is 0 Å². The van der Waals surface area contributed by atoms with Gasteiger partial charge < -0.3 is 35.2 Å². The van der Waals surface area contributed by atoms with Crippen molar-refractivity contribution in [1.29, 1.82) is 0 Å². The van der Waals surface area contributed by atoms with Gasteiger partial charge in [-0.05, 0) is 115 Å². The number of piperidine rings is 1. The molecule has 0 radical (unpaired) electrons. The van der Waals surface area contributed by atoms with E-state index in [9.17, 15) is 15.0 Å². The minimum absolute atomic E-state index is 0.00632. The van der Waals surface area contributed by atoms with Gasteiger partial charge in [0.1, 0.15) is 0 Å². The number of hydrogen-bond acceptors (Lipinski definition) is 6. The van der Waals surface area contributed by atoms with E-state index in [2.05, 4.69) is 71.0 Å². The van der Waals surface area contributed by atoms with E-state index in [0.717, 1.165) is 95.6 Å². The summed E-state index contributed by atoms with van der Waals surface area (Å²) in [6.45, 7) is 4.86. The molecule has 10 rings (SSSR count). The average molecular weight is 790 g/mol. The fourth-order valence-electron chi connectivity index (χ4n) is 11.2. The lowest BCUT2D eigenvalue weighted by Crippen LogP contribution is -2.61.